The smallest absolute Gasteiger partial charge is 0.360 e. The summed E-state index contributed by atoms with van der Waals surface area (Å²) in [6, 6.07) is 9.94. The van der Waals surface area contributed by atoms with Crippen molar-refractivity contribution < 1.29 is 17.9 Å². The zero-order chi connectivity index (χ0) is 23.7. The largest absolute Gasteiger partial charge is 0.420 e. The van der Waals surface area contributed by atoms with Gasteiger partial charge in [-0.15, -0.1) is 10.2 Å². The molecule has 1 saturated heterocycles. The first-order valence-electron chi connectivity index (χ1n) is 12.1. The van der Waals surface area contributed by atoms with Gasteiger partial charge < -0.3 is 4.74 Å². The number of fused-ring (bicyclic) bond motifs is 3. The fraction of sp³-hybridized carbons (Fsp3) is 0.538. The molecule has 0 amide bonds. The highest BCUT2D eigenvalue weighted by atomic mass is 19.4. The topological polar surface area (TPSA) is 42.7 Å². The summed E-state index contributed by atoms with van der Waals surface area (Å²) in [7, 11) is 0. The molecule has 180 valence electrons. The maximum Gasteiger partial charge on any atom is 0.420 e. The van der Waals surface area contributed by atoms with Crippen LogP contribution < -0.4 is 0 Å². The Morgan fingerprint density at radius 3 is 2.41 bits per heavy atom. The molecule has 0 bridgehead atoms. The minimum atomic E-state index is -4.49. The van der Waals surface area contributed by atoms with Gasteiger partial charge in [-0.2, -0.15) is 13.2 Å². The number of hydrogen-bond acceptors (Lipinski definition) is 4. The first kappa shape index (κ1) is 22.0. The summed E-state index contributed by atoms with van der Waals surface area (Å²) in [6.07, 6.45) is 1.64. The summed E-state index contributed by atoms with van der Waals surface area (Å²) in [4.78, 5) is 2.10. The number of ether oxygens (including phenoxy) is 1. The van der Waals surface area contributed by atoms with Crippen LogP contribution in [0.4, 0.5) is 13.2 Å². The molecule has 5 nitrogen and oxygen atoms in total. The lowest BCUT2D eigenvalue weighted by atomic mass is 9.82. The molecule has 6 rings (SSSR count). The number of pyridine rings is 1. The number of rotatable bonds is 4. The molecule has 2 aromatic heterocycles. The predicted octanol–water partition coefficient (Wildman–Crippen LogP) is 5.46. The van der Waals surface area contributed by atoms with E-state index >= 15 is 0 Å². The molecule has 2 fully saturated rings. The molecule has 0 radical (unpaired) electrons. The maximum absolute atomic E-state index is 14.2. The molecule has 4 heterocycles. The van der Waals surface area contributed by atoms with E-state index in [1.54, 1.807) is 12.3 Å². The van der Waals surface area contributed by atoms with Crippen LogP contribution >= 0.6 is 0 Å². The normalized spacial score (nSPS) is 21.9. The molecular weight excluding hydrogens is 441 g/mol. The molecule has 3 aromatic rings. The van der Waals surface area contributed by atoms with E-state index in [1.165, 1.54) is 15.5 Å². The van der Waals surface area contributed by atoms with Gasteiger partial charge in [-0.1, -0.05) is 24.3 Å². The van der Waals surface area contributed by atoms with Crippen molar-refractivity contribution in [3.63, 3.8) is 0 Å². The molecule has 1 aromatic carbocycles. The van der Waals surface area contributed by atoms with Crippen LogP contribution in [-0.4, -0.2) is 32.6 Å². The van der Waals surface area contributed by atoms with Gasteiger partial charge in [0.1, 0.15) is 11.4 Å². The summed E-state index contributed by atoms with van der Waals surface area (Å²) < 4.78 is 50.7. The molecule has 2 aliphatic heterocycles. The Morgan fingerprint density at radius 2 is 1.74 bits per heavy atom. The van der Waals surface area contributed by atoms with Gasteiger partial charge in [0.25, 0.3) is 0 Å². The predicted molar refractivity (Wildman–Crippen MR) is 121 cm³/mol. The molecule has 3 aliphatic rings. The SMILES string of the molecule is CC1(C)OC2(CCN(Cc3ccn4c(CC5CC5)nnc4c3C(F)(F)F)CC2)c2ccccc21. The first-order chi connectivity index (χ1) is 16.2. The molecule has 0 atom stereocenters. The van der Waals surface area contributed by atoms with Crippen molar-refractivity contribution in [1.82, 2.24) is 19.5 Å². The van der Waals surface area contributed by atoms with Crippen LogP contribution in [-0.2, 0) is 35.1 Å². The minimum absolute atomic E-state index is 0.0797. The molecular formula is C26H29F3N4O. The monoisotopic (exact) mass is 470 g/mol. The Kier molecular flexibility index (Phi) is 4.88. The van der Waals surface area contributed by atoms with Gasteiger partial charge in [-0.25, -0.2) is 0 Å². The molecule has 0 unspecified atom stereocenters. The van der Waals surface area contributed by atoms with E-state index < -0.39 is 11.7 Å². The lowest BCUT2D eigenvalue weighted by Gasteiger charge is -2.41. The first-order valence-corrected chi connectivity index (χ1v) is 12.1. The van der Waals surface area contributed by atoms with Gasteiger partial charge in [-0.3, -0.25) is 9.30 Å². The lowest BCUT2D eigenvalue weighted by molar-refractivity contribution is -0.151. The molecule has 0 N–H and O–H groups in total. The van der Waals surface area contributed by atoms with Gasteiger partial charge in [0.05, 0.1) is 11.2 Å². The molecule has 8 heteroatoms. The Balaban J connectivity index is 1.25. The van der Waals surface area contributed by atoms with Crippen LogP contribution in [0.3, 0.4) is 0 Å². The van der Waals surface area contributed by atoms with Gasteiger partial charge in [0.2, 0.25) is 0 Å². The van der Waals surface area contributed by atoms with E-state index in [1.807, 2.05) is 12.1 Å². The van der Waals surface area contributed by atoms with E-state index in [0.717, 1.165) is 25.7 Å². The number of halogens is 3. The number of hydrogen-bond donors (Lipinski definition) is 0. The fourth-order valence-electron chi connectivity index (χ4n) is 5.89. The number of piperidine rings is 1. The van der Waals surface area contributed by atoms with Gasteiger partial charge in [-0.05, 0) is 68.2 Å². The summed E-state index contributed by atoms with van der Waals surface area (Å²) in [5, 5.41) is 8.08. The average Bonchev–Trinajstić information content (AvgIpc) is 3.47. The van der Waals surface area contributed by atoms with E-state index in [4.69, 9.17) is 4.74 Å². The second-order valence-corrected chi connectivity index (χ2v) is 10.6. The summed E-state index contributed by atoms with van der Waals surface area (Å²) in [5.41, 5.74) is 1.23. The zero-order valence-corrected chi connectivity index (χ0v) is 19.5. The minimum Gasteiger partial charge on any atom is -0.360 e. The zero-order valence-electron chi connectivity index (χ0n) is 19.5. The Hall–Kier alpha value is -2.45. The van der Waals surface area contributed by atoms with Crippen molar-refractivity contribution in [1.29, 1.82) is 0 Å². The maximum atomic E-state index is 14.2. The second-order valence-electron chi connectivity index (χ2n) is 10.6. The molecule has 1 spiro atoms. The number of aromatic nitrogens is 3. The standard InChI is InChI=1S/C26H29F3N4O/c1-24(2)19-5-3-4-6-20(19)25(34-24)10-13-32(14-11-25)16-18-9-12-33-21(15-17-7-8-17)30-31-23(33)22(18)26(27,28)29/h3-6,9,12,17H,7-8,10-11,13-16H2,1-2H3. The number of nitrogens with zero attached hydrogens (tertiary/aromatic N) is 4. The fourth-order valence-corrected chi connectivity index (χ4v) is 5.89. The van der Waals surface area contributed by atoms with E-state index in [2.05, 4.69) is 41.1 Å². The number of likely N-dealkylation sites (tertiary alicyclic amines) is 1. The van der Waals surface area contributed by atoms with E-state index in [0.29, 0.717) is 31.3 Å². The van der Waals surface area contributed by atoms with Crippen molar-refractivity contribution in [3.05, 3.63) is 64.6 Å². The van der Waals surface area contributed by atoms with Crippen LogP contribution in [0.1, 0.15) is 67.6 Å². The lowest BCUT2D eigenvalue weighted by Crippen LogP contribution is -2.43. The molecule has 34 heavy (non-hydrogen) atoms. The van der Waals surface area contributed by atoms with Gasteiger partial charge in [0, 0.05) is 32.3 Å². The van der Waals surface area contributed by atoms with Crippen molar-refractivity contribution in [2.24, 2.45) is 5.92 Å². The van der Waals surface area contributed by atoms with Crippen LogP contribution in [0.25, 0.3) is 5.65 Å². The van der Waals surface area contributed by atoms with Crippen molar-refractivity contribution in [2.45, 2.75) is 69.9 Å². The highest BCUT2D eigenvalue weighted by Crippen LogP contribution is 2.52. The molecule has 1 saturated carbocycles. The highest BCUT2D eigenvalue weighted by molar-refractivity contribution is 5.53. The van der Waals surface area contributed by atoms with Crippen molar-refractivity contribution in [3.8, 4) is 0 Å². The Bertz CT molecular complexity index is 1240. The quantitative estimate of drug-likeness (QED) is 0.508. The summed E-state index contributed by atoms with van der Waals surface area (Å²) in [6.45, 7) is 5.76. The summed E-state index contributed by atoms with van der Waals surface area (Å²) >= 11 is 0. The van der Waals surface area contributed by atoms with Crippen molar-refractivity contribution >= 4 is 5.65 Å². The van der Waals surface area contributed by atoms with E-state index in [-0.39, 0.29) is 29.0 Å². The Morgan fingerprint density at radius 1 is 1.03 bits per heavy atom. The highest BCUT2D eigenvalue weighted by Gasteiger charge is 2.50. The van der Waals surface area contributed by atoms with Crippen LogP contribution in [0.5, 0.6) is 0 Å². The third-order valence-corrected chi connectivity index (χ3v) is 7.76. The van der Waals surface area contributed by atoms with Crippen LogP contribution in [0, 0.1) is 5.92 Å². The third kappa shape index (κ3) is 3.62. The molecule has 1 aliphatic carbocycles. The third-order valence-electron chi connectivity index (χ3n) is 7.76. The summed E-state index contributed by atoms with van der Waals surface area (Å²) in [5.74, 6) is 1.14. The van der Waals surface area contributed by atoms with Gasteiger partial charge in [0.15, 0.2) is 5.65 Å². The van der Waals surface area contributed by atoms with Crippen LogP contribution in [0.15, 0.2) is 36.5 Å². The van der Waals surface area contributed by atoms with E-state index in [9.17, 15) is 13.2 Å². The average molecular weight is 471 g/mol. The number of alkyl halides is 3. The number of benzene rings is 1. The van der Waals surface area contributed by atoms with Crippen molar-refractivity contribution in [2.75, 3.05) is 13.1 Å². The second kappa shape index (κ2) is 7.52. The van der Waals surface area contributed by atoms with Gasteiger partial charge >= 0.3 is 6.18 Å². The van der Waals surface area contributed by atoms with Crippen LogP contribution in [0.2, 0.25) is 0 Å². The Labute approximate surface area is 196 Å².